The van der Waals surface area contributed by atoms with E-state index >= 15 is 0 Å². The molecule has 1 heterocycles. The normalized spacial score (nSPS) is 12.7. The molecular formula is C17H16ClFN2. The summed E-state index contributed by atoms with van der Waals surface area (Å²) in [4.78, 5) is 3.31. The van der Waals surface area contributed by atoms with E-state index in [4.69, 9.17) is 11.6 Å². The van der Waals surface area contributed by atoms with E-state index in [-0.39, 0.29) is 11.9 Å². The van der Waals surface area contributed by atoms with Crippen molar-refractivity contribution in [3.63, 3.8) is 0 Å². The molecule has 21 heavy (non-hydrogen) atoms. The van der Waals surface area contributed by atoms with Crippen LogP contribution in [0, 0.1) is 5.82 Å². The standard InChI is InChI=1S/C17H16ClFN2/c1-11(12-5-4-6-13(19)9-12)20-10-16-17(18)14-7-2-3-8-15(14)21-16/h2-9,11,20-21H,10H2,1H3/t11-/m1/s1. The first-order valence-electron chi connectivity index (χ1n) is 6.89. The number of aromatic amines is 1. The van der Waals surface area contributed by atoms with Gasteiger partial charge in [-0.05, 0) is 30.7 Å². The summed E-state index contributed by atoms with van der Waals surface area (Å²) in [5.41, 5.74) is 2.89. The summed E-state index contributed by atoms with van der Waals surface area (Å²) in [5, 5.41) is 5.12. The zero-order valence-electron chi connectivity index (χ0n) is 11.7. The summed E-state index contributed by atoms with van der Waals surface area (Å²) in [6, 6.07) is 14.6. The summed E-state index contributed by atoms with van der Waals surface area (Å²) in [5.74, 6) is -0.218. The highest BCUT2D eigenvalue weighted by atomic mass is 35.5. The van der Waals surface area contributed by atoms with Crippen LogP contribution in [0.4, 0.5) is 4.39 Å². The van der Waals surface area contributed by atoms with Crippen LogP contribution < -0.4 is 5.32 Å². The Labute approximate surface area is 127 Å². The summed E-state index contributed by atoms with van der Waals surface area (Å²) in [6.07, 6.45) is 0. The summed E-state index contributed by atoms with van der Waals surface area (Å²) < 4.78 is 13.2. The Balaban J connectivity index is 1.75. The number of benzene rings is 2. The number of hydrogen-bond donors (Lipinski definition) is 2. The van der Waals surface area contributed by atoms with Crippen LogP contribution in [0.2, 0.25) is 5.02 Å². The molecule has 1 atom stereocenters. The third-order valence-electron chi connectivity index (χ3n) is 3.65. The Kier molecular flexibility index (Phi) is 3.95. The summed E-state index contributed by atoms with van der Waals surface area (Å²) in [6.45, 7) is 2.61. The molecule has 1 aromatic heterocycles. The number of para-hydroxylation sites is 1. The molecule has 2 nitrogen and oxygen atoms in total. The van der Waals surface area contributed by atoms with E-state index in [9.17, 15) is 4.39 Å². The molecule has 0 unspecified atom stereocenters. The van der Waals surface area contributed by atoms with Gasteiger partial charge in [0.15, 0.2) is 0 Å². The lowest BCUT2D eigenvalue weighted by Crippen LogP contribution is -2.18. The minimum absolute atomic E-state index is 0.0446. The van der Waals surface area contributed by atoms with Crippen LogP contribution in [0.25, 0.3) is 10.9 Å². The predicted molar refractivity (Wildman–Crippen MR) is 85.0 cm³/mol. The van der Waals surface area contributed by atoms with Gasteiger partial charge >= 0.3 is 0 Å². The molecule has 2 N–H and O–H groups in total. The second-order valence-electron chi connectivity index (χ2n) is 5.12. The van der Waals surface area contributed by atoms with Crippen molar-refractivity contribution in [1.82, 2.24) is 10.3 Å². The first kappa shape index (κ1) is 14.1. The molecular weight excluding hydrogens is 287 g/mol. The molecule has 3 rings (SSSR count). The largest absolute Gasteiger partial charge is 0.356 e. The van der Waals surface area contributed by atoms with Gasteiger partial charge in [-0.1, -0.05) is 41.9 Å². The Bertz CT molecular complexity index is 766. The average molecular weight is 303 g/mol. The second-order valence-corrected chi connectivity index (χ2v) is 5.50. The maximum atomic E-state index is 13.2. The van der Waals surface area contributed by atoms with Crippen LogP contribution in [-0.2, 0) is 6.54 Å². The molecule has 0 aliphatic carbocycles. The summed E-state index contributed by atoms with van der Waals surface area (Å²) in [7, 11) is 0. The molecule has 2 aromatic carbocycles. The van der Waals surface area contributed by atoms with Gasteiger partial charge in [0.05, 0.1) is 5.02 Å². The highest BCUT2D eigenvalue weighted by Gasteiger charge is 2.11. The highest BCUT2D eigenvalue weighted by molar-refractivity contribution is 6.36. The van der Waals surface area contributed by atoms with E-state index in [2.05, 4.69) is 10.3 Å². The van der Waals surface area contributed by atoms with Crippen molar-refractivity contribution in [2.24, 2.45) is 0 Å². The number of nitrogens with one attached hydrogen (secondary N) is 2. The number of H-pyrrole nitrogens is 1. The fraction of sp³-hybridized carbons (Fsp3) is 0.176. The minimum atomic E-state index is -0.218. The van der Waals surface area contributed by atoms with Crippen molar-refractivity contribution < 1.29 is 4.39 Å². The maximum absolute atomic E-state index is 13.2. The number of hydrogen-bond acceptors (Lipinski definition) is 1. The van der Waals surface area contributed by atoms with Gasteiger partial charge in [0.2, 0.25) is 0 Å². The van der Waals surface area contributed by atoms with E-state index < -0.39 is 0 Å². The Morgan fingerprint density at radius 2 is 2.00 bits per heavy atom. The van der Waals surface area contributed by atoms with E-state index in [0.717, 1.165) is 27.2 Å². The SMILES string of the molecule is C[C@@H](NCc1[nH]c2ccccc2c1Cl)c1cccc(F)c1. The molecule has 0 saturated carbocycles. The highest BCUT2D eigenvalue weighted by Crippen LogP contribution is 2.27. The van der Waals surface area contributed by atoms with Crippen LogP contribution in [0.3, 0.4) is 0 Å². The molecule has 0 spiro atoms. The van der Waals surface area contributed by atoms with E-state index in [1.165, 1.54) is 6.07 Å². The lowest BCUT2D eigenvalue weighted by molar-refractivity contribution is 0.561. The van der Waals surface area contributed by atoms with Gasteiger partial charge < -0.3 is 10.3 Å². The van der Waals surface area contributed by atoms with Crippen molar-refractivity contribution >= 4 is 22.5 Å². The summed E-state index contributed by atoms with van der Waals surface area (Å²) >= 11 is 6.38. The van der Waals surface area contributed by atoms with Gasteiger partial charge in [-0.2, -0.15) is 0 Å². The number of rotatable bonds is 4. The van der Waals surface area contributed by atoms with Crippen molar-refractivity contribution in [2.45, 2.75) is 19.5 Å². The number of halogens is 2. The Hall–Kier alpha value is -1.84. The topological polar surface area (TPSA) is 27.8 Å². The monoisotopic (exact) mass is 302 g/mol. The minimum Gasteiger partial charge on any atom is -0.356 e. The van der Waals surface area contributed by atoms with Crippen molar-refractivity contribution in [3.8, 4) is 0 Å². The van der Waals surface area contributed by atoms with Gasteiger partial charge in [-0.25, -0.2) is 4.39 Å². The third kappa shape index (κ3) is 2.94. The maximum Gasteiger partial charge on any atom is 0.123 e. The number of aromatic nitrogens is 1. The molecule has 3 aromatic rings. The van der Waals surface area contributed by atoms with Gasteiger partial charge in [0, 0.05) is 29.2 Å². The first-order valence-corrected chi connectivity index (χ1v) is 7.27. The smallest absolute Gasteiger partial charge is 0.123 e. The van der Waals surface area contributed by atoms with E-state index in [1.54, 1.807) is 12.1 Å². The van der Waals surface area contributed by atoms with Crippen LogP contribution in [-0.4, -0.2) is 4.98 Å². The van der Waals surface area contributed by atoms with Gasteiger partial charge in [-0.15, -0.1) is 0 Å². The molecule has 0 amide bonds. The number of fused-ring (bicyclic) bond motifs is 1. The van der Waals surface area contributed by atoms with Gasteiger partial charge in [0.25, 0.3) is 0 Å². The lowest BCUT2D eigenvalue weighted by Gasteiger charge is -2.14. The van der Waals surface area contributed by atoms with Crippen molar-refractivity contribution in [1.29, 1.82) is 0 Å². The predicted octanol–water partition coefficient (Wildman–Crippen LogP) is 4.81. The molecule has 108 valence electrons. The molecule has 0 saturated heterocycles. The van der Waals surface area contributed by atoms with Crippen LogP contribution in [0.5, 0.6) is 0 Å². The quantitative estimate of drug-likeness (QED) is 0.711. The third-order valence-corrected chi connectivity index (χ3v) is 4.08. The molecule has 0 aliphatic heterocycles. The van der Waals surface area contributed by atoms with Gasteiger partial charge in [0.1, 0.15) is 5.82 Å². The Morgan fingerprint density at radius 3 is 2.76 bits per heavy atom. The van der Waals surface area contributed by atoms with Crippen molar-refractivity contribution in [3.05, 3.63) is 70.6 Å². The van der Waals surface area contributed by atoms with Crippen LogP contribution >= 0.6 is 11.6 Å². The lowest BCUT2D eigenvalue weighted by atomic mass is 10.1. The molecule has 0 bridgehead atoms. The zero-order chi connectivity index (χ0) is 14.8. The van der Waals surface area contributed by atoms with Crippen molar-refractivity contribution in [2.75, 3.05) is 0 Å². The van der Waals surface area contributed by atoms with E-state index in [1.807, 2.05) is 37.3 Å². The fourth-order valence-corrected chi connectivity index (χ4v) is 2.71. The molecule has 0 fully saturated rings. The second kappa shape index (κ2) is 5.88. The fourth-order valence-electron chi connectivity index (χ4n) is 2.43. The van der Waals surface area contributed by atoms with Crippen LogP contribution in [0.15, 0.2) is 48.5 Å². The first-order chi connectivity index (χ1) is 10.1. The van der Waals surface area contributed by atoms with Gasteiger partial charge in [-0.3, -0.25) is 0 Å². The molecule has 4 heteroatoms. The van der Waals surface area contributed by atoms with Crippen LogP contribution in [0.1, 0.15) is 24.2 Å². The molecule has 0 radical (unpaired) electrons. The van der Waals surface area contributed by atoms with E-state index in [0.29, 0.717) is 6.54 Å². The zero-order valence-corrected chi connectivity index (χ0v) is 12.4. The Morgan fingerprint density at radius 1 is 1.19 bits per heavy atom. The molecule has 0 aliphatic rings. The average Bonchev–Trinajstić information content (AvgIpc) is 2.82.